The molecular weight excluding hydrogens is 278 g/mol. The Morgan fingerprint density at radius 3 is 2.35 bits per heavy atom. The van der Waals surface area contributed by atoms with Gasteiger partial charge in [-0.1, -0.05) is 12.1 Å². The fourth-order valence-corrected chi connectivity index (χ4v) is 1.63. The van der Waals surface area contributed by atoms with Crippen LogP contribution in [0.1, 0.15) is 33.1 Å². The number of hydrogen-bond acceptors (Lipinski definition) is 3. The van der Waals surface area contributed by atoms with E-state index in [-0.39, 0.29) is 30.3 Å². The predicted octanol–water partition coefficient (Wildman–Crippen LogP) is 2.32. The Bertz CT molecular complexity index is 450. The number of carbonyl (C=O) groups is 2. The summed E-state index contributed by atoms with van der Waals surface area (Å²) in [6.07, 6.45) is 1.19. The maximum absolute atomic E-state index is 11.7. The number of nitrogen functional groups attached to an aromatic ring is 1. The lowest BCUT2D eigenvalue weighted by molar-refractivity contribution is -0.121. The summed E-state index contributed by atoms with van der Waals surface area (Å²) in [5.74, 6) is -0.155. The summed E-state index contributed by atoms with van der Waals surface area (Å²) < 4.78 is 0. The first kappa shape index (κ1) is 18.2. The lowest BCUT2D eigenvalue weighted by Gasteiger charge is -2.09. The number of amides is 2. The molecule has 0 unspecified atom stereocenters. The number of hydrogen-bond donors (Lipinski definition) is 3. The summed E-state index contributed by atoms with van der Waals surface area (Å²) in [6.45, 7) is 3.81. The van der Waals surface area contributed by atoms with E-state index in [4.69, 9.17) is 5.73 Å². The smallest absolute Gasteiger partial charge is 0.224 e. The van der Waals surface area contributed by atoms with Crippen LogP contribution in [0.3, 0.4) is 0 Å². The molecular formula is C14H22ClN3O2. The molecule has 0 aliphatic heterocycles. The number of nitrogens with one attached hydrogen (secondary N) is 2. The second kappa shape index (κ2) is 9.20. The molecule has 20 heavy (non-hydrogen) atoms. The van der Waals surface area contributed by atoms with E-state index < -0.39 is 0 Å². The van der Waals surface area contributed by atoms with Crippen LogP contribution in [0.15, 0.2) is 24.3 Å². The van der Waals surface area contributed by atoms with Crippen molar-refractivity contribution in [2.24, 2.45) is 0 Å². The van der Waals surface area contributed by atoms with E-state index in [1.165, 1.54) is 0 Å². The average Bonchev–Trinajstić information content (AvgIpc) is 2.31. The molecule has 0 aliphatic carbocycles. The van der Waals surface area contributed by atoms with E-state index in [1.54, 1.807) is 18.2 Å². The van der Waals surface area contributed by atoms with Crippen LogP contribution >= 0.6 is 12.4 Å². The molecule has 1 aromatic rings. The minimum absolute atomic E-state index is 0. The minimum Gasteiger partial charge on any atom is -0.397 e. The molecule has 0 atom stereocenters. The zero-order chi connectivity index (χ0) is 14.3. The molecule has 0 saturated carbocycles. The number of anilines is 2. The molecule has 5 nitrogen and oxygen atoms in total. The first-order valence-electron chi connectivity index (χ1n) is 6.42. The molecule has 1 aromatic carbocycles. The van der Waals surface area contributed by atoms with Gasteiger partial charge in [-0.2, -0.15) is 0 Å². The molecule has 1 rings (SSSR count). The van der Waals surface area contributed by atoms with E-state index in [9.17, 15) is 9.59 Å². The van der Waals surface area contributed by atoms with Crippen LogP contribution in [-0.2, 0) is 9.59 Å². The Hall–Kier alpha value is -1.75. The van der Waals surface area contributed by atoms with E-state index in [0.29, 0.717) is 30.6 Å². The maximum Gasteiger partial charge on any atom is 0.224 e. The third-order valence-electron chi connectivity index (χ3n) is 2.49. The first-order valence-corrected chi connectivity index (χ1v) is 6.42. The minimum atomic E-state index is -0.129. The standard InChI is InChI=1S/C14H21N3O2.ClH/c1-10(2)16-13(18)8-5-9-14(19)17-12-7-4-3-6-11(12)15;/h3-4,6-7,10H,5,8-9,15H2,1-2H3,(H,16,18)(H,17,19);1H. The summed E-state index contributed by atoms with van der Waals surface area (Å²) in [6, 6.07) is 7.22. The van der Waals surface area contributed by atoms with Crippen molar-refractivity contribution in [1.29, 1.82) is 0 Å². The van der Waals surface area contributed by atoms with Gasteiger partial charge in [0.2, 0.25) is 11.8 Å². The van der Waals surface area contributed by atoms with Crippen LogP contribution in [0.2, 0.25) is 0 Å². The second-order valence-corrected chi connectivity index (χ2v) is 4.71. The van der Waals surface area contributed by atoms with Crippen LogP contribution in [0.4, 0.5) is 11.4 Å². The zero-order valence-electron chi connectivity index (χ0n) is 11.8. The van der Waals surface area contributed by atoms with Crippen LogP contribution in [0.25, 0.3) is 0 Å². The number of nitrogens with two attached hydrogens (primary N) is 1. The fourth-order valence-electron chi connectivity index (χ4n) is 1.63. The lowest BCUT2D eigenvalue weighted by atomic mass is 10.2. The molecule has 0 saturated heterocycles. The topological polar surface area (TPSA) is 84.2 Å². The Morgan fingerprint density at radius 1 is 1.15 bits per heavy atom. The van der Waals surface area contributed by atoms with Gasteiger partial charge < -0.3 is 16.4 Å². The van der Waals surface area contributed by atoms with Crippen molar-refractivity contribution in [3.05, 3.63) is 24.3 Å². The molecule has 6 heteroatoms. The van der Waals surface area contributed by atoms with E-state index in [0.717, 1.165) is 0 Å². The number of carbonyl (C=O) groups excluding carboxylic acids is 2. The van der Waals surface area contributed by atoms with Gasteiger partial charge >= 0.3 is 0 Å². The highest BCUT2D eigenvalue weighted by Crippen LogP contribution is 2.17. The third kappa shape index (κ3) is 6.99. The third-order valence-corrected chi connectivity index (χ3v) is 2.49. The van der Waals surface area contributed by atoms with Crippen LogP contribution in [-0.4, -0.2) is 17.9 Å². The highest BCUT2D eigenvalue weighted by Gasteiger charge is 2.07. The fraction of sp³-hybridized carbons (Fsp3) is 0.429. The van der Waals surface area contributed by atoms with Crippen molar-refractivity contribution in [3.8, 4) is 0 Å². The van der Waals surface area contributed by atoms with Gasteiger partial charge in [-0.3, -0.25) is 9.59 Å². The Kier molecular flexibility index (Phi) is 8.40. The van der Waals surface area contributed by atoms with Crippen LogP contribution in [0, 0.1) is 0 Å². The van der Waals surface area contributed by atoms with Gasteiger partial charge in [0.05, 0.1) is 11.4 Å². The quantitative estimate of drug-likeness (QED) is 0.705. The number of rotatable bonds is 6. The summed E-state index contributed by atoms with van der Waals surface area (Å²) in [5, 5.41) is 5.51. The summed E-state index contributed by atoms with van der Waals surface area (Å²) in [5.41, 5.74) is 6.87. The molecule has 0 bridgehead atoms. The monoisotopic (exact) mass is 299 g/mol. The highest BCUT2D eigenvalue weighted by atomic mass is 35.5. The SMILES string of the molecule is CC(C)NC(=O)CCCC(=O)Nc1ccccc1N.Cl. The normalized spacial score (nSPS) is 9.75. The summed E-state index contributed by atoms with van der Waals surface area (Å²) >= 11 is 0. The van der Waals surface area contributed by atoms with Crippen LogP contribution < -0.4 is 16.4 Å². The van der Waals surface area contributed by atoms with Crippen molar-refractivity contribution in [1.82, 2.24) is 5.32 Å². The molecule has 0 heterocycles. The van der Waals surface area contributed by atoms with Crippen LogP contribution in [0.5, 0.6) is 0 Å². The Morgan fingerprint density at radius 2 is 1.75 bits per heavy atom. The lowest BCUT2D eigenvalue weighted by Crippen LogP contribution is -2.30. The number of halogens is 1. The molecule has 2 amide bonds. The van der Waals surface area contributed by atoms with Gasteiger partial charge in [-0.15, -0.1) is 12.4 Å². The van der Waals surface area contributed by atoms with E-state index in [2.05, 4.69) is 10.6 Å². The van der Waals surface area contributed by atoms with Crippen molar-refractivity contribution >= 4 is 35.6 Å². The van der Waals surface area contributed by atoms with Crippen molar-refractivity contribution in [3.63, 3.8) is 0 Å². The first-order chi connectivity index (χ1) is 8.99. The molecule has 0 radical (unpaired) electrons. The second-order valence-electron chi connectivity index (χ2n) is 4.71. The van der Waals surface area contributed by atoms with Crippen molar-refractivity contribution in [2.75, 3.05) is 11.1 Å². The van der Waals surface area contributed by atoms with Gasteiger partial charge in [0.1, 0.15) is 0 Å². The predicted molar refractivity (Wildman–Crippen MR) is 83.9 cm³/mol. The van der Waals surface area contributed by atoms with Crippen molar-refractivity contribution in [2.45, 2.75) is 39.2 Å². The summed E-state index contributed by atoms with van der Waals surface area (Å²) in [7, 11) is 0. The van der Waals surface area contributed by atoms with Gasteiger partial charge in [-0.05, 0) is 32.4 Å². The van der Waals surface area contributed by atoms with Crippen molar-refractivity contribution < 1.29 is 9.59 Å². The molecule has 0 fully saturated rings. The molecule has 0 aliphatic rings. The maximum atomic E-state index is 11.7. The highest BCUT2D eigenvalue weighted by molar-refractivity contribution is 5.93. The summed E-state index contributed by atoms with van der Waals surface area (Å²) in [4.78, 5) is 23.1. The van der Waals surface area contributed by atoms with Gasteiger partial charge in [0.25, 0.3) is 0 Å². The van der Waals surface area contributed by atoms with E-state index >= 15 is 0 Å². The number of benzene rings is 1. The zero-order valence-corrected chi connectivity index (χ0v) is 12.6. The largest absolute Gasteiger partial charge is 0.397 e. The molecule has 0 spiro atoms. The number of para-hydroxylation sites is 2. The Balaban J connectivity index is 0.00000361. The Labute approximate surface area is 125 Å². The molecule has 4 N–H and O–H groups in total. The van der Waals surface area contributed by atoms with Gasteiger partial charge in [0, 0.05) is 18.9 Å². The van der Waals surface area contributed by atoms with Gasteiger partial charge in [0.15, 0.2) is 0 Å². The molecule has 0 aromatic heterocycles. The molecule has 112 valence electrons. The average molecular weight is 300 g/mol. The van der Waals surface area contributed by atoms with Gasteiger partial charge in [-0.25, -0.2) is 0 Å². The van der Waals surface area contributed by atoms with E-state index in [1.807, 2.05) is 19.9 Å².